The molecular formula is C37H37ClN4O4. The van der Waals surface area contributed by atoms with Crippen molar-refractivity contribution in [2.75, 3.05) is 44.7 Å². The van der Waals surface area contributed by atoms with E-state index in [9.17, 15) is 4.79 Å². The van der Waals surface area contributed by atoms with Crippen LogP contribution in [0.5, 0.6) is 11.5 Å². The molecule has 0 unspecified atom stereocenters. The molecule has 1 aliphatic heterocycles. The van der Waals surface area contributed by atoms with E-state index in [1.54, 1.807) is 12.1 Å². The van der Waals surface area contributed by atoms with Crippen molar-refractivity contribution < 1.29 is 18.8 Å². The number of ether oxygens (including phenoxy) is 2. The van der Waals surface area contributed by atoms with E-state index >= 15 is 0 Å². The van der Waals surface area contributed by atoms with E-state index in [0.29, 0.717) is 53.2 Å². The monoisotopic (exact) mass is 636 g/mol. The zero-order valence-corrected chi connectivity index (χ0v) is 26.8. The highest BCUT2D eigenvalue weighted by molar-refractivity contribution is 6.32. The Morgan fingerprint density at radius 1 is 0.848 bits per heavy atom. The maximum absolute atomic E-state index is 13.3. The molecule has 0 bridgehead atoms. The van der Waals surface area contributed by atoms with E-state index in [-0.39, 0.29) is 11.6 Å². The zero-order chi connectivity index (χ0) is 31.9. The number of halogens is 1. The molecule has 0 atom stereocenters. The minimum atomic E-state index is -0.321. The first-order valence-corrected chi connectivity index (χ1v) is 15.9. The summed E-state index contributed by atoms with van der Waals surface area (Å²) in [5.74, 6) is 1.03. The van der Waals surface area contributed by atoms with Crippen LogP contribution in [0.25, 0.3) is 22.5 Å². The van der Waals surface area contributed by atoms with E-state index in [0.717, 1.165) is 48.6 Å². The van der Waals surface area contributed by atoms with Crippen molar-refractivity contribution in [3.05, 3.63) is 119 Å². The third-order valence-electron chi connectivity index (χ3n) is 8.00. The molecule has 1 amide bonds. The van der Waals surface area contributed by atoms with E-state index in [1.807, 2.05) is 79.7 Å². The summed E-state index contributed by atoms with van der Waals surface area (Å²) in [6, 6.07) is 31.5. The fourth-order valence-corrected chi connectivity index (χ4v) is 5.69. The van der Waals surface area contributed by atoms with Crippen LogP contribution in [0.4, 0.5) is 5.69 Å². The lowest BCUT2D eigenvalue weighted by Gasteiger charge is -2.34. The highest BCUT2D eigenvalue weighted by atomic mass is 35.5. The number of rotatable bonds is 11. The van der Waals surface area contributed by atoms with E-state index in [1.165, 1.54) is 0 Å². The smallest absolute Gasteiger partial charge is 0.274 e. The highest BCUT2D eigenvalue weighted by Gasteiger charge is 2.28. The number of carbonyl (C=O) groups is 1. The molecular weight excluding hydrogens is 600 g/mol. The minimum Gasteiger partial charge on any atom is -0.488 e. The first kappa shape index (κ1) is 31.2. The number of likely N-dealkylation sites (N-methyl/N-ethyl adjacent to an activating group) is 1. The second-order valence-electron chi connectivity index (χ2n) is 11.3. The molecule has 0 spiro atoms. The van der Waals surface area contributed by atoms with Crippen molar-refractivity contribution >= 4 is 23.2 Å². The van der Waals surface area contributed by atoms with Gasteiger partial charge < -0.3 is 29.1 Å². The van der Waals surface area contributed by atoms with Crippen molar-refractivity contribution in [1.82, 2.24) is 15.4 Å². The number of hydrogen-bond donors (Lipinski definition) is 1. The van der Waals surface area contributed by atoms with Gasteiger partial charge in [-0.25, -0.2) is 0 Å². The fraction of sp³-hybridized carbons (Fsp3) is 0.243. The molecule has 6 rings (SSSR count). The van der Waals surface area contributed by atoms with Gasteiger partial charge in [0.25, 0.3) is 5.91 Å². The van der Waals surface area contributed by atoms with Gasteiger partial charge >= 0.3 is 0 Å². The van der Waals surface area contributed by atoms with Gasteiger partial charge in [-0.3, -0.25) is 4.79 Å². The zero-order valence-electron chi connectivity index (χ0n) is 26.0. The summed E-state index contributed by atoms with van der Waals surface area (Å²) in [6.07, 6.45) is 0. The summed E-state index contributed by atoms with van der Waals surface area (Å²) in [6.45, 7) is 6.75. The van der Waals surface area contributed by atoms with Gasteiger partial charge in [0.15, 0.2) is 11.5 Å². The highest BCUT2D eigenvalue weighted by Crippen LogP contribution is 2.44. The van der Waals surface area contributed by atoms with Gasteiger partial charge in [0.1, 0.15) is 24.7 Å². The summed E-state index contributed by atoms with van der Waals surface area (Å²) < 4.78 is 18.6. The maximum Gasteiger partial charge on any atom is 0.274 e. The number of hydrogen-bond acceptors (Lipinski definition) is 7. The first-order valence-electron chi connectivity index (χ1n) is 15.5. The van der Waals surface area contributed by atoms with Gasteiger partial charge in [-0.1, -0.05) is 89.6 Å². The van der Waals surface area contributed by atoms with Crippen molar-refractivity contribution in [2.45, 2.75) is 20.1 Å². The number of nitrogens with zero attached hydrogens (tertiary/aromatic N) is 3. The Hall–Kier alpha value is -4.79. The van der Waals surface area contributed by atoms with E-state index < -0.39 is 0 Å². The minimum absolute atomic E-state index is 0.196. The normalized spacial score (nSPS) is 13.4. The Bertz CT molecular complexity index is 1770. The van der Waals surface area contributed by atoms with Crippen LogP contribution >= 0.6 is 11.6 Å². The van der Waals surface area contributed by atoms with Crippen LogP contribution in [-0.2, 0) is 13.2 Å². The van der Waals surface area contributed by atoms with Crippen LogP contribution in [-0.4, -0.2) is 55.7 Å². The number of carbonyl (C=O) groups excluding carboxylic acids is 1. The molecule has 5 aromatic rings. The summed E-state index contributed by atoms with van der Waals surface area (Å²) in [5.41, 5.74) is 5.22. The van der Waals surface area contributed by atoms with Crippen LogP contribution in [0.2, 0.25) is 5.02 Å². The lowest BCUT2D eigenvalue weighted by atomic mass is 9.97. The van der Waals surface area contributed by atoms with Gasteiger partial charge in [-0.2, -0.15) is 0 Å². The standard InChI is InChI=1S/C37H37ClN4O4/c1-3-39-37(43)35-34(28-15-10-16-29(21-28)42-19-17-41(2)18-20-42)36(46-40-35)30-22-31(38)33(45-25-27-13-8-5-9-14-27)23-32(30)44-24-26-11-6-4-7-12-26/h4-16,21-23H,3,17-20,24-25H2,1-2H3,(H,39,43). The van der Waals surface area contributed by atoms with Crippen LogP contribution in [0.3, 0.4) is 0 Å². The summed E-state index contributed by atoms with van der Waals surface area (Å²) in [5, 5.41) is 7.55. The molecule has 1 aliphatic rings. The molecule has 236 valence electrons. The molecule has 0 aliphatic carbocycles. The SMILES string of the molecule is CCNC(=O)c1noc(-c2cc(Cl)c(OCc3ccccc3)cc2OCc2ccccc2)c1-c1cccc(N2CCN(C)CC2)c1. The Kier molecular flexibility index (Phi) is 9.86. The average molecular weight is 637 g/mol. The van der Waals surface area contributed by atoms with Crippen LogP contribution in [0, 0.1) is 0 Å². The molecule has 2 heterocycles. The third-order valence-corrected chi connectivity index (χ3v) is 8.30. The average Bonchev–Trinajstić information content (AvgIpc) is 3.54. The van der Waals surface area contributed by atoms with Gasteiger partial charge in [-0.15, -0.1) is 0 Å². The van der Waals surface area contributed by atoms with Crippen molar-refractivity contribution in [1.29, 1.82) is 0 Å². The molecule has 8 nitrogen and oxygen atoms in total. The van der Waals surface area contributed by atoms with Crippen molar-refractivity contribution in [3.8, 4) is 33.9 Å². The van der Waals surface area contributed by atoms with Crippen LogP contribution in [0.15, 0.2) is 102 Å². The number of piperazine rings is 1. The summed E-state index contributed by atoms with van der Waals surface area (Å²) >= 11 is 6.86. The number of amides is 1. The van der Waals surface area contributed by atoms with Crippen molar-refractivity contribution in [3.63, 3.8) is 0 Å². The first-order chi connectivity index (χ1) is 22.5. The van der Waals surface area contributed by atoms with E-state index in [2.05, 4.69) is 39.5 Å². The quantitative estimate of drug-likeness (QED) is 0.163. The van der Waals surface area contributed by atoms with Crippen molar-refractivity contribution in [2.24, 2.45) is 0 Å². The van der Waals surface area contributed by atoms with Gasteiger partial charge in [0.05, 0.1) is 16.1 Å². The van der Waals surface area contributed by atoms with Crippen LogP contribution in [0.1, 0.15) is 28.5 Å². The summed E-state index contributed by atoms with van der Waals surface area (Å²) in [7, 11) is 2.14. The van der Waals surface area contributed by atoms with E-state index in [4.69, 9.17) is 25.6 Å². The molecule has 0 saturated carbocycles. The molecule has 1 saturated heterocycles. The number of benzene rings is 4. The topological polar surface area (TPSA) is 80.1 Å². The Morgan fingerprint density at radius 2 is 1.50 bits per heavy atom. The maximum atomic E-state index is 13.3. The molecule has 9 heteroatoms. The second kappa shape index (κ2) is 14.5. The largest absolute Gasteiger partial charge is 0.488 e. The predicted octanol–water partition coefficient (Wildman–Crippen LogP) is 7.32. The fourth-order valence-electron chi connectivity index (χ4n) is 5.48. The third kappa shape index (κ3) is 7.19. The van der Waals surface area contributed by atoms with Gasteiger partial charge in [-0.05, 0) is 48.9 Å². The van der Waals surface area contributed by atoms with Gasteiger partial charge in [0.2, 0.25) is 0 Å². The van der Waals surface area contributed by atoms with Crippen LogP contribution < -0.4 is 19.7 Å². The lowest BCUT2D eigenvalue weighted by molar-refractivity contribution is 0.0947. The lowest BCUT2D eigenvalue weighted by Crippen LogP contribution is -2.44. The molecule has 1 aromatic heterocycles. The molecule has 4 aromatic carbocycles. The number of aromatic nitrogens is 1. The molecule has 1 fully saturated rings. The molecule has 0 radical (unpaired) electrons. The second-order valence-corrected chi connectivity index (χ2v) is 11.7. The number of anilines is 1. The number of nitrogens with one attached hydrogen (secondary N) is 1. The Morgan fingerprint density at radius 3 is 2.15 bits per heavy atom. The predicted molar refractivity (Wildman–Crippen MR) is 182 cm³/mol. The van der Waals surface area contributed by atoms with Gasteiger partial charge in [0, 0.05) is 44.5 Å². The molecule has 46 heavy (non-hydrogen) atoms. The molecule has 1 N–H and O–H groups in total. The Labute approximate surface area is 274 Å². The summed E-state index contributed by atoms with van der Waals surface area (Å²) in [4.78, 5) is 18.0. The Balaban J connectivity index is 1.43.